The van der Waals surface area contributed by atoms with Crippen LogP contribution in [0.25, 0.3) is 0 Å². The van der Waals surface area contributed by atoms with Gasteiger partial charge in [0, 0.05) is 39.3 Å². The van der Waals surface area contributed by atoms with E-state index in [0.29, 0.717) is 24.5 Å². The molecule has 2 N–H and O–H groups in total. The average molecular weight is 484 g/mol. The molecule has 0 bridgehead atoms. The van der Waals surface area contributed by atoms with E-state index in [9.17, 15) is 13.2 Å². The highest BCUT2D eigenvalue weighted by atomic mass is 127. The summed E-state index contributed by atoms with van der Waals surface area (Å²) in [6.07, 6.45) is -3.94. The van der Waals surface area contributed by atoms with Gasteiger partial charge in [-0.3, -0.25) is 9.89 Å². The lowest BCUT2D eigenvalue weighted by Gasteiger charge is -2.21. The number of hydrogen-bond donors (Lipinski definition) is 2. The number of nitrogens with one attached hydrogen (secondary N) is 2. The molecule has 4 nitrogen and oxygen atoms in total. The molecule has 26 heavy (non-hydrogen) atoms. The summed E-state index contributed by atoms with van der Waals surface area (Å²) < 4.78 is 36.6. The van der Waals surface area contributed by atoms with Gasteiger partial charge in [0.1, 0.15) is 0 Å². The maximum atomic E-state index is 12.2. The normalized spacial score (nSPS) is 21.3. The summed E-state index contributed by atoms with van der Waals surface area (Å²) in [6.45, 7) is 4.67. The van der Waals surface area contributed by atoms with E-state index in [1.807, 2.05) is 18.2 Å². The van der Waals surface area contributed by atoms with Crippen molar-refractivity contribution in [2.24, 2.45) is 10.9 Å². The number of rotatable bonds is 6. The Morgan fingerprint density at radius 2 is 1.92 bits per heavy atom. The second-order valence-electron chi connectivity index (χ2n) is 6.61. The summed E-state index contributed by atoms with van der Waals surface area (Å²) in [5.74, 6) is 0.887. The van der Waals surface area contributed by atoms with E-state index < -0.39 is 12.6 Å². The third-order valence-electron chi connectivity index (χ3n) is 4.50. The molecule has 1 fully saturated rings. The molecular formula is C18H28F3IN4. The van der Waals surface area contributed by atoms with Gasteiger partial charge in [-0.25, -0.2) is 0 Å². The molecule has 0 saturated carbocycles. The number of guanidine groups is 1. The molecule has 0 radical (unpaired) electrons. The number of likely N-dealkylation sites (tertiary alicyclic amines) is 1. The first kappa shape index (κ1) is 23.0. The van der Waals surface area contributed by atoms with Crippen molar-refractivity contribution in [1.82, 2.24) is 15.5 Å². The molecule has 1 aliphatic heterocycles. The predicted octanol–water partition coefficient (Wildman–Crippen LogP) is 3.63. The Hall–Kier alpha value is -1.03. The van der Waals surface area contributed by atoms with Crippen molar-refractivity contribution < 1.29 is 13.2 Å². The number of halogens is 4. The van der Waals surface area contributed by atoms with Crippen LogP contribution in [0.1, 0.15) is 25.3 Å². The van der Waals surface area contributed by atoms with Gasteiger partial charge in [0.2, 0.25) is 0 Å². The molecule has 1 aliphatic rings. The molecule has 0 aliphatic carbocycles. The Bertz CT molecular complexity index is 551. The predicted molar refractivity (Wildman–Crippen MR) is 110 cm³/mol. The van der Waals surface area contributed by atoms with Crippen molar-refractivity contribution >= 4 is 29.9 Å². The molecule has 148 valence electrons. The quantitative estimate of drug-likeness (QED) is 0.368. The van der Waals surface area contributed by atoms with Gasteiger partial charge in [-0.15, -0.1) is 24.0 Å². The highest BCUT2D eigenvalue weighted by Crippen LogP contribution is 2.24. The number of nitrogens with zero attached hydrogens (tertiary/aromatic N) is 2. The molecule has 0 spiro atoms. The van der Waals surface area contributed by atoms with E-state index in [-0.39, 0.29) is 30.5 Å². The van der Waals surface area contributed by atoms with Crippen molar-refractivity contribution in [2.45, 2.75) is 38.5 Å². The third kappa shape index (κ3) is 8.11. The second-order valence-corrected chi connectivity index (χ2v) is 6.61. The molecule has 0 aromatic heterocycles. The molecular weight excluding hydrogens is 456 g/mol. The Morgan fingerprint density at radius 3 is 2.54 bits per heavy atom. The lowest BCUT2D eigenvalue weighted by Crippen LogP contribution is -2.41. The monoisotopic (exact) mass is 484 g/mol. The van der Waals surface area contributed by atoms with E-state index >= 15 is 0 Å². The summed E-state index contributed by atoms with van der Waals surface area (Å²) in [6, 6.07) is 10.9. The number of aliphatic imine (C=N–C) groups is 1. The SMILES string of the molecule is CN=C(NCCC(F)(F)F)NCC1CC(C)N(Cc2ccccc2)C1.I. The van der Waals surface area contributed by atoms with Crippen LogP contribution in [0, 0.1) is 5.92 Å². The summed E-state index contributed by atoms with van der Waals surface area (Å²) in [5, 5.41) is 5.86. The van der Waals surface area contributed by atoms with Crippen molar-refractivity contribution in [3.63, 3.8) is 0 Å². The van der Waals surface area contributed by atoms with Crippen LogP contribution in [0.2, 0.25) is 0 Å². The number of benzene rings is 1. The van der Waals surface area contributed by atoms with Crippen molar-refractivity contribution in [3.05, 3.63) is 35.9 Å². The van der Waals surface area contributed by atoms with Crippen molar-refractivity contribution in [1.29, 1.82) is 0 Å². The summed E-state index contributed by atoms with van der Waals surface area (Å²) >= 11 is 0. The molecule has 1 saturated heterocycles. The third-order valence-corrected chi connectivity index (χ3v) is 4.50. The van der Waals surface area contributed by atoms with Crippen LogP contribution in [0.15, 0.2) is 35.3 Å². The largest absolute Gasteiger partial charge is 0.390 e. The van der Waals surface area contributed by atoms with Gasteiger partial charge >= 0.3 is 6.18 Å². The molecule has 2 atom stereocenters. The number of hydrogen-bond acceptors (Lipinski definition) is 2. The summed E-state index contributed by atoms with van der Waals surface area (Å²) in [5.41, 5.74) is 1.30. The molecule has 1 heterocycles. The maximum Gasteiger partial charge on any atom is 0.390 e. The fraction of sp³-hybridized carbons (Fsp3) is 0.611. The fourth-order valence-electron chi connectivity index (χ4n) is 3.19. The highest BCUT2D eigenvalue weighted by molar-refractivity contribution is 14.0. The fourth-order valence-corrected chi connectivity index (χ4v) is 3.19. The van der Waals surface area contributed by atoms with Gasteiger partial charge in [-0.05, 0) is 24.8 Å². The minimum absolute atomic E-state index is 0. The van der Waals surface area contributed by atoms with E-state index in [2.05, 4.69) is 39.6 Å². The first-order valence-corrected chi connectivity index (χ1v) is 8.66. The number of alkyl halides is 3. The van der Waals surface area contributed by atoms with Gasteiger partial charge in [-0.1, -0.05) is 30.3 Å². The lowest BCUT2D eigenvalue weighted by atomic mass is 10.1. The van der Waals surface area contributed by atoms with Gasteiger partial charge < -0.3 is 10.6 Å². The zero-order chi connectivity index (χ0) is 18.3. The van der Waals surface area contributed by atoms with Crippen LogP contribution in [0.5, 0.6) is 0 Å². The summed E-state index contributed by atoms with van der Waals surface area (Å²) in [7, 11) is 1.57. The molecule has 1 aromatic rings. The van der Waals surface area contributed by atoms with E-state index in [4.69, 9.17) is 0 Å². The van der Waals surface area contributed by atoms with E-state index in [0.717, 1.165) is 19.5 Å². The van der Waals surface area contributed by atoms with E-state index in [1.54, 1.807) is 7.05 Å². The minimum atomic E-state index is -4.15. The molecule has 1 aromatic carbocycles. The Kier molecular flexibility index (Phi) is 9.70. The molecule has 8 heteroatoms. The van der Waals surface area contributed by atoms with Gasteiger partial charge in [0.05, 0.1) is 6.42 Å². The molecule has 0 amide bonds. The Morgan fingerprint density at radius 1 is 1.23 bits per heavy atom. The first-order valence-electron chi connectivity index (χ1n) is 8.66. The minimum Gasteiger partial charge on any atom is -0.356 e. The lowest BCUT2D eigenvalue weighted by molar-refractivity contribution is -0.132. The highest BCUT2D eigenvalue weighted by Gasteiger charge is 2.29. The van der Waals surface area contributed by atoms with Crippen LogP contribution in [0.4, 0.5) is 13.2 Å². The smallest absolute Gasteiger partial charge is 0.356 e. The second kappa shape index (κ2) is 11.0. The van der Waals surface area contributed by atoms with Gasteiger partial charge in [0.15, 0.2) is 5.96 Å². The van der Waals surface area contributed by atoms with Crippen LogP contribution in [-0.2, 0) is 6.54 Å². The zero-order valence-electron chi connectivity index (χ0n) is 15.2. The topological polar surface area (TPSA) is 39.7 Å². The van der Waals surface area contributed by atoms with Crippen molar-refractivity contribution in [3.8, 4) is 0 Å². The Balaban J connectivity index is 0.00000338. The molecule has 2 rings (SSSR count). The van der Waals surface area contributed by atoms with E-state index in [1.165, 1.54) is 5.56 Å². The Labute approximate surface area is 170 Å². The maximum absolute atomic E-state index is 12.2. The average Bonchev–Trinajstić information content (AvgIpc) is 2.90. The van der Waals surface area contributed by atoms with Crippen molar-refractivity contribution in [2.75, 3.05) is 26.7 Å². The summed E-state index contributed by atoms with van der Waals surface area (Å²) in [4.78, 5) is 6.43. The van der Waals surface area contributed by atoms with Crippen LogP contribution >= 0.6 is 24.0 Å². The molecule has 2 unspecified atom stereocenters. The standard InChI is InChI=1S/C18H27F3N4.HI/c1-14-10-16(13-25(14)12-15-6-4-3-5-7-15)11-24-17(22-2)23-9-8-18(19,20)21;/h3-7,14,16H,8-13H2,1-2H3,(H2,22,23,24);1H. The first-order chi connectivity index (χ1) is 11.9. The zero-order valence-corrected chi connectivity index (χ0v) is 17.6. The van der Waals surface area contributed by atoms with Gasteiger partial charge in [-0.2, -0.15) is 13.2 Å². The van der Waals surface area contributed by atoms with Crippen LogP contribution < -0.4 is 10.6 Å². The van der Waals surface area contributed by atoms with Crippen LogP contribution in [-0.4, -0.2) is 49.8 Å². The van der Waals surface area contributed by atoms with Gasteiger partial charge in [0.25, 0.3) is 0 Å². The van der Waals surface area contributed by atoms with Crippen LogP contribution in [0.3, 0.4) is 0 Å².